The molecule has 1 aliphatic rings. The van der Waals surface area contributed by atoms with Gasteiger partial charge in [0.25, 0.3) is 0 Å². The van der Waals surface area contributed by atoms with Crippen molar-refractivity contribution in [3.05, 3.63) is 34.3 Å². The van der Waals surface area contributed by atoms with Crippen LogP contribution in [0.4, 0.5) is 13.2 Å². The van der Waals surface area contributed by atoms with Gasteiger partial charge in [-0.05, 0) is 37.5 Å². The van der Waals surface area contributed by atoms with Gasteiger partial charge in [-0.25, -0.2) is 0 Å². The lowest BCUT2D eigenvalue weighted by molar-refractivity contribution is -0.137. The predicted octanol–water partition coefficient (Wildman–Crippen LogP) is 3.98. The summed E-state index contributed by atoms with van der Waals surface area (Å²) in [6.07, 6.45) is -3.09. The molecule has 2 rings (SSSR count). The number of alkyl halides is 3. The number of carbonyl (C=O) groups is 1. The summed E-state index contributed by atoms with van der Waals surface area (Å²) in [5, 5.41) is -0.345. The molecular formula is C12H10ClF3O. The van der Waals surface area contributed by atoms with Gasteiger partial charge in [-0.15, -0.1) is 0 Å². The van der Waals surface area contributed by atoms with Crippen molar-refractivity contribution >= 4 is 17.4 Å². The molecule has 0 unspecified atom stereocenters. The van der Waals surface area contributed by atoms with Crippen molar-refractivity contribution in [3.63, 3.8) is 0 Å². The Hall–Kier alpha value is -1.03. The molecular weight excluding hydrogens is 253 g/mol. The van der Waals surface area contributed by atoms with Crippen LogP contribution in [-0.4, -0.2) is 5.78 Å². The first-order chi connectivity index (χ1) is 7.77. The minimum Gasteiger partial charge on any atom is -0.299 e. The smallest absolute Gasteiger partial charge is 0.299 e. The van der Waals surface area contributed by atoms with E-state index in [-0.39, 0.29) is 10.8 Å². The zero-order valence-electron chi connectivity index (χ0n) is 9.07. The molecule has 0 aliphatic heterocycles. The van der Waals surface area contributed by atoms with Gasteiger partial charge in [-0.3, -0.25) is 4.79 Å². The van der Waals surface area contributed by atoms with Crippen molar-refractivity contribution in [2.75, 3.05) is 0 Å². The minimum absolute atomic E-state index is 0.0201. The second-order valence-electron chi connectivity index (χ2n) is 4.33. The van der Waals surface area contributed by atoms with Gasteiger partial charge in [-0.2, -0.15) is 13.2 Å². The number of ketones is 1. The maximum atomic E-state index is 12.5. The van der Waals surface area contributed by atoms with Crippen molar-refractivity contribution in [1.29, 1.82) is 0 Å². The van der Waals surface area contributed by atoms with E-state index in [1.165, 1.54) is 19.1 Å². The summed E-state index contributed by atoms with van der Waals surface area (Å²) >= 11 is 5.62. The number of rotatable bonds is 2. The predicted molar refractivity (Wildman–Crippen MR) is 58.0 cm³/mol. The van der Waals surface area contributed by atoms with E-state index in [2.05, 4.69) is 0 Å². The highest BCUT2D eigenvalue weighted by molar-refractivity contribution is 6.31. The second-order valence-corrected chi connectivity index (χ2v) is 4.74. The number of hydrogen-bond acceptors (Lipinski definition) is 1. The van der Waals surface area contributed by atoms with E-state index in [0.29, 0.717) is 18.4 Å². The molecule has 1 aliphatic carbocycles. The standard InChI is InChI=1S/C12H10ClF3O/c1-7(17)11(4-5-11)8-2-3-9(10(13)6-8)12(14,15)16/h2-3,6H,4-5H2,1H3. The summed E-state index contributed by atoms with van der Waals surface area (Å²) in [6, 6.07) is 3.56. The van der Waals surface area contributed by atoms with E-state index in [1.807, 2.05) is 0 Å². The molecule has 1 saturated carbocycles. The number of carbonyl (C=O) groups excluding carboxylic acids is 1. The normalized spacial score (nSPS) is 17.9. The van der Waals surface area contributed by atoms with Crippen LogP contribution in [0, 0.1) is 0 Å². The molecule has 1 nitrogen and oxygen atoms in total. The average Bonchev–Trinajstić information content (AvgIpc) is 2.95. The largest absolute Gasteiger partial charge is 0.417 e. The van der Waals surface area contributed by atoms with E-state index in [0.717, 1.165) is 6.07 Å². The summed E-state index contributed by atoms with van der Waals surface area (Å²) in [5.74, 6) is -0.0201. The van der Waals surface area contributed by atoms with Crippen LogP contribution in [0.1, 0.15) is 30.9 Å². The van der Waals surface area contributed by atoms with E-state index in [4.69, 9.17) is 11.6 Å². The molecule has 1 fully saturated rings. The quantitative estimate of drug-likeness (QED) is 0.788. The van der Waals surface area contributed by atoms with Crippen LogP contribution in [0.15, 0.2) is 18.2 Å². The number of Topliss-reactive ketones (excluding diaryl/α,β-unsaturated/α-hetero) is 1. The Morgan fingerprint density at radius 3 is 2.29 bits per heavy atom. The fourth-order valence-corrected chi connectivity index (χ4v) is 2.30. The first kappa shape index (κ1) is 12.4. The SMILES string of the molecule is CC(=O)C1(c2ccc(C(F)(F)F)c(Cl)c2)CC1. The Labute approximate surface area is 102 Å². The highest BCUT2D eigenvalue weighted by Crippen LogP contribution is 2.50. The van der Waals surface area contributed by atoms with Gasteiger partial charge in [0.1, 0.15) is 5.78 Å². The fourth-order valence-electron chi connectivity index (χ4n) is 2.01. The van der Waals surface area contributed by atoms with Crippen LogP contribution in [0.25, 0.3) is 0 Å². The highest BCUT2D eigenvalue weighted by atomic mass is 35.5. The van der Waals surface area contributed by atoms with Gasteiger partial charge in [0.15, 0.2) is 0 Å². The molecule has 0 N–H and O–H groups in total. The molecule has 0 atom stereocenters. The zero-order valence-corrected chi connectivity index (χ0v) is 9.82. The van der Waals surface area contributed by atoms with Crippen LogP contribution < -0.4 is 0 Å². The van der Waals surface area contributed by atoms with Crippen molar-refractivity contribution in [2.24, 2.45) is 0 Å². The van der Waals surface area contributed by atoms with E-state index >= 15 is 0 Å². The highest BCUT2D eigenvalue weighted by Gasteiger charge is 2.49. The van der Waals surface area contributed by atoms with E-state index < -0.39 is 17.2 Å². The third-order valence-electron chi connectivity index (χ3n) is 3.25. The summed E-state index contributed by atoms with van der Waals surface area (Å²) in [6.45, 7) is 1.46. The average molecular weight is 263 g/mol. The van der Waals surface area contributed by atoms with Crippen LogP contribution in [0.2, 0.25) is 5.02 Å². The number of hydrogen-bond donors (Lipinski definition) is 0. The minimum atomic E-state index is -4.46. The Morgan fingerprint density at radius 1 is 1.35 bits per heavy atom. The molecule has 0 aromatic heterocycles. The third kappa shape index (κ3) is 2.06. The Balaban J connectivity index is 2.42. The Morgan fingerprint density at radius 2 is 1.94 bits per heavy atom. The van der Waals surface area contributed by atoms with Gasteiger partial charge in [0.05, 0.1) is 16.0 Å². The molecule has 0 bridgehead atoms. The zero-order chi connectivity index (χ0) is 12.8. The monoisotopic (exact) mass is 262 g/mol. The van der Waals surface area contributed by atoms with Crippen LogP contribution in [0.5, 0.6) is 0 Å². The van der Waals surface area contributed by atoms with Gasteiger partial charge in [0, 0.05) is 0 Å². The van der Waals surface area contributed by atoms with Crippen molar-refractivity contribution in [1.82, 2.24) is 0 Å². The molecule has 0 spiro atoms. The number of halogens is 4. The topological polar surface area (TPSA) is 17.1 Å². The van der Waals surface area contributed by atoms with Gasteiger partial charge >= 0.3 is 6.18 Å². The first-order valence-electron chi connectivity index (χ1n) is 5.16. The molecule has 0 amide bonds. The van der Waals surface area contributed by atoms with Crippen LogP contribution in [-0.2, 0) is 16.4 Å². The molecule has 92 valence electrons. The van der Waals surface area contributed by atoms with Crippen LogP contribution >= 0.6 is 11.6 Å². The van der Waals surface area contributed by atoms with Crippen molar-refractivity contribution in [2.45, 2.75) is 31.4 Å². The Bertz CT molecular complexity index is 475. The van der Waals surface area contributed by atoms with Crippen LogP contribution in [0.3, 0.4) is 0 Å². The second kappa shape index (κ2) is 3.73. The van der Waals surface area contributed by atoms with Gasteiger partial charge in [0.2, 0.25) is 0 Å². The summed E-state index contributed by atoms with van der Waals surface area (Å²) < 4.78 is 37.5. The van der Waals surface area contributed by atoms with Gasteiger partial charge < -0.3 is 0 Å². The Kier molecular flexibility index (Phi) is 2.73. The molecule has 0 heterocycles. The lowest BCUT2D eigenvalue weighted by Gasteiger charge is -2.15. The molecule has 0 saturated heterocycles. The summed E-state index contributed by atoms with van der Waals surface area (Å²) in [7, 11) is 0. The summed E-state index contributed by atoms with van der Waals surface area (Å²) in [5.41, 5.74) is -0.862. The van der Waals surface area contributed by atoms with E-state index in [9.17, 15) is 18.0 Å². The molecule has 1 aromatic carbocycles. The van der Waals surface area contributed by atoms with Crippen molar-refractivity contribution < 1.29 is 18.0 Å². The molecule has 17 heavy (non-hydrogen) atoms. The number of benzene rings is 1. The fraction of sp³-hybridized carbons (Fsp3) is 0.417. The maximum Gasteiger partial charge on any atom is 0.417 e. The van der Waals surface area contributed by atoms with Crippen molar-refractivity contribution in [3.8, 4) is 0 Å². The maximum absolute atomic E-state index is 12.5. The third-order valence-corrected chi connectivity index (χ3v) is 3.56. The lowest BCUT2D eigenvalue weighted by Crippen LogP contribution is -2.17. The molecule has 0 radical (unpaired) electrons. The molecule has 5 heteroatoms. The summed E-state index contributed by atoms with van der Waals surface area (Å²) in [4.78, 5) is 11.5. The van der Waals surface area contributed by atoms with Gasteiger partial charge in [-0.1, -0.05) is 17.7 Å². The first-order valence-corrected chi connectivity index (χ1v) is 5.53. The lowest BCUT2D eigenvalue weighted by atomic mass is 9.91. The van der Waals surface area contributed by atoms with E-state index in [1.54, 1.807) is 0 Å². The molecule has 1 aromatic rings.